The summed E-state index contributed by atoms with van der Waals surface area (Å²) < 4.78 is 3.68. The molecule has 0 radical (unpaired) electrons. The number of tetrazole rings is 1. The van der Waals surface area contributed by atoms with Crippen molar-refractivity contribution in [3.05, 3.63) is 94.7 Å². The van der Waals surface area contributed by atoms with E-state index in [0.29, 0.717) is 32.6 Å². The van der Waals surface area contributed by atoms with E-state index in [1.54, 1.807) is 16.8 Å². The minimum atomic E-state index is 0.501. The Kier molecular flexibility index (Phi) is 5.89. The van der Waals surface area contributed by atoms with Crippen molar-refractivity contribution in [1.82, 2.24) is 35.0 Å². The number of para-hydroxylation sites is 2. The second-order valence-electron chi connectivity index (χ2n) is 6.73. The Balaban J connectivity index is 1.52. The first-order valence-corrected chi connectivity index (χ1v) is 11.4. The van der Waals surface area contributed by atoms with Crippen molar-refractivity contribution in [3.63, 3.8) is 0 Å². The molecule has 0 aliphatic heterocycles. The normalized spacial score (nSPS) is 11.1. The quantitative estimate of drug-likeness (QED) is 0.299. The third-order valence-electron chi connectivity index (χ3n) is 4.69. The molecule has 10 heteroatoms. The average Bonchev–Trinajstić information content (AvgIpc) is 3.46. The molecule has 0 aliphatic rings. The second kappa shape index (κ2) is 9.12. The number of benzene rings is 3. The maximum atomic E-state index is 6.48. The first kappa shape index (κ1) is 20.7. The zero-order valence-corrected chi connectivity index (χ0v) is 18.8. The predicted octanol–water partition coefficient (Wildman–Crippen LogP) is 5.51. The molecule has 5 rings (SSSR count). The van der Waals surface area contributed by atoms with E-state index in [0.717, 1.165) is 16.9 Å². The van der Waals surface area contributed by atoms with Gasteiger partial charge in [-0.15, -0.1) is 15.3 Å². The lowest BCUT2D eigenvalue weighted by Gasteiger charge is -2.11. The Labute approximate surface area is 198 Å². The van der Waals surface area contributed by atoms with Crippen LogP contribution < -0.4 is 0 Å². The van der Waals surface area contributed by atoms with Crippen molar-refractivity contribution in [3.8, 4) is 22.8 Å². The summed E-state index contributed by atoms with van der Waals surface area (Å²) in [4.78, 5) is 0. The van der Waals surface area contributed by atoms with Crippen LogP contribution in [-0.4, -0.2) is 35.0 Å². The molecule has 2 heterocycles. The van der Waals surface area contributed by atoms with Crippen molar-refractivity contribution < 1.29 is 0 Å². The van der Waals surface area contributed by atoms with Crippen LogP contribution in [0.3, 0.4) is 0 Å². The summed E-state index contributed by atoms with van der Waals surface area (Å²) in [6, 6.07) is 25.0. The molecule has 0 saturated heterocycles. The number of hydrogen-bond donors (Lipinski definition) is 0. The Hall–Kier alpha value is -3.20. The topological polar surface area (TPSA) is 74.3 Å². The minimum absolute atomic E-state index is 0.501. The van der Waals surface area contributed by atoms with E-state index in [4.69, 9.17) is 23.2 Å². The van der Waals surface area contributed by atoms with Crippen molar-refractivity contribution in [1.29, 1.82) is 0 Å². The molecule has 32 heavy (non-hydrogen) atoms. The molecule has 0 saturated carbocycles. The number of rotatable bonds is 6. The molecule has 2 aromatic heterocycles. The lowest BCUT2D eigenvalue weighted by molar-refractivity contribution is 0.777. The molecule has 3 aromatic carbocycles. The summed E-state index contributed by atoms with van der Waals surface area (Å²) in [5, 5.41) is 22.8. The fraction of sp³-hybridized carbons (Fsp3) is 0.0455. The van der Waals surface area contributed by atoms with Crippen LogP contribution in [0, 0.1) is 0 Å². The molecule has 0 fully saturated rings. The van der Waals surface area contributed by atoms with Gasteiger partial charge in [0.15, 0.2) is 16.8 Å². The van der Waals surface area contributed by atoms with Crippen LogP contribution in [0.1, 0.15) is 5.82 Å². The molecule has 0 unspecified atom stereocenters. The van der Waals surface area contributed by atoms with Crippen LogP contribution in [0.15, 0.2) is 84.0 Å². The molecule has 7 nitrogen and oxygen atoms in total. The lowest BCUT2D eigenvalue weighted by Crippen LogP contribution is -2.03. The van der Waals surface area contributed by atoms with Gasteiger partial charge in [0.05, 0.1) is 16.5 Å². The molecule has 5 aromatic rings. The van der Waals surface area contributed by atoms with E-state index in [1.807, 2.05) is 71.3 Å². The number of hydrogen-bond acceptors (Lipinski definition) is 6. The van der Waals surface area contributed by atoms with Gasteiger partial charge >= 0.3 is 0 Å². The molecule has 0 aliphatic carbocycles. The van der Waals surface area contributed by atoms with Gasteiger partial charge in [-0.3, -0.25) is 4.57 Å². The monoisotopic (exact) mass is 479 g/mol. The highest BCUT2D eigenvalue weighted by Gasteiger charge is 2.19. The van der Waals surface area contributed by atoms with Gasteiger partial charge in [-0.25, -0.2) is 0 Å². The lowest BCUT2D eigenvalue weighted by atomic mass is 10.2. The van der Waals surface area contributed by atoms with Gasteiger partial charge in [0, 0.05) is 16.3 Å². The number of nitrogens with zero attached hydrogens (tertiary/aromatic N) is 7. The van der Waals surface area contributed by atoms with Gasteiger partial charge in [-0.05, 0) is 52.9 Å². The maximum Gasteiger partial charge on any atom is 0.196 e. The smallest absolute Gasteiger partial charge is 0.196 e. The summed E-state index contributed by atoms with van der Waals surface area (Å²) in [7, 11) is 0. The highest BCUT2D eigenvalue weighted by atomic mass is 35.5. The van der Waals surface area contributed by atoms with Crippen LogP contribution in [-0.2, 0) is 5.75 Å². The summed E-state index contributed by atoms with van der Waals surface area (Å²) in [6.07, 6.45) is 0. The van der Waals surface area contributed by atoms with Crippen molar-refractivity contribution >= 4 is 35.0 Å². The minimum Gasteiger partial charge on any atom is -0.270 e. The molecular formula is C22H15Cl2N7S. The molecule has 0 N–H and O–H groups in total. The van der Waals surface area contributed by atoms with Gasteiger partial charge in [-0.1, -0.05) is 71.4 Å². The second-order valence-corrected chi connectivity index (χ2v) is 8.52. The molecule has 0 spiro atoms. The Morgan fingerprint density at radius 1 is 0.781 bits per heavy atom. The van der Waals surface area contributed by atoms with Crippen LogP contribution in [0.5, 0.6) is 0 Å². The van der Waals surface area contributed by atoms with Crippen LogP contribution in [0.2, 0.25) is 10.0 Å². The van der Waals surface area contributed by atoms with Gasteiger partial charge in [0.2, 0.25) is 0 Å². The number of aromatic nitrogens is 7. The Bertz CT molecular complexity index is 1350. The maximum absolute atomic E-state index is 6.48. The SMILES string of the molecule is Clc1ccc(-c2nnc(SCc3nnnn3-c3ccccc3)n2-c2ccccc2)c(Cl)c1. The number of thioether (sulfide) groups is 1. The first-order valence-electron chi connectivity index (χ1n) is 9.62. The summed E-state index contributed by atoms with van der Waals surface area (Å²) in [5.41, 5.74) is 2.56. The molecule has 0 atom stereocenters. The van der Waals surface area contributed by atoms with Gasteiger partial charge in [0.25, 0.3) is 0 Å². The fourth-order valence-corrected chi connectivity index (χ4v) is 4.56. The van der Waals surface area contributed by atoms with E-state index >= 15 is 0 Å². The highest BCUT2D eigenvalue weighted by molar-refractivity contribution is 7.98. The predicted molar refractivity (Wildman–Crippen MR) is 126 cm³/mol. The Morgan fingerprint density at radius 2 is 1.50 bits per heavy atom. The van der Waals surface area contributed by atoms with Gasteiger partial charge in [0.1, 0.15) is 0 Å². The van der Waals surface area contributed by atoms with Crippen LogP contribution >= 0.6 is 35.0 Å². The third kappa shape index (κ3) is 4.12. The van der Waals surface area contributed by atoms with Gasteiger partial charge in [-0.2, -0.15) is 4.68 Å². The van der Waals surface area contributed by atoms with Crippen LogP contribution in [0.4, 0.5) is 0 Å². The van der Waals surface area contributed by atoms with Crippen LogP contribution in [0.25, 0.3) is 22.8 Å². The van der Waals surface area contributed by atoms with E-state index < -0.39 is 0 Å². The largest absolute Gasteiger partial charge is 0.270 e. The summed E-state index contributed by atoms with van der Waals surface area (Å²) in [6.45, 7) is 0. The van der Waals surface area contributed by atoms with Crippen molar-refractivity contribution in [2.45, 2.75) is 10.9 Å². The van der Waals surface area contributed by atoms with E-state index in [-0.39, 0.29) is 0 Å². The van der Waals surface area contributed by atoms with Crippen molar-refractivity contribution in [2.24, 2.45) is 0 Å². The first-order chi connectivity index (χ1) is 15.7. The van der Waals surface area contributed by atoms with Gasteiger partial charge < -0.3 is 0 Å². The van der Waals surface area contributed by atoms with E-state index in [1.165, 1.54) is 11.8 Å². The zero-order valence-electron chi connectivity index (χ0n) is 16.5. The Morgan fingerprint density at radius 3 is 2.22 bits per heavy atom. The average molecular weight is 480 g/mol. The third-order valence-corrected chi connectivity index (χ3v) is 6.16. The van der Waals surface area contributed by atoms with Crippen molar-refractivity contribution in [2.75, 3.05) is 0 Å². The van der Waals surface area contributed by atoms with E-state index in [2.05, 4.69) is 25.7 Å². The number of halogens is 2. The molecule has 0 bridgehead atoms. The van der Waals surface area contributed by atoms with E-state index in [9.17, 15) is 0 Å². The summed E-state index contributed by atoms with van der Waals surface area (Å²) >= 11 is 14.1. The molecular weight excluding hydrogens is 465 g/mol. The summed E-state index contributed by atoms with van der Waals surface area (Å²) in [5.74, 6) is 1.83. The zero-order chi connectivity index (χ0) is 21.9. The highest BCUT2D eigenvalue weighted by Crippen LogP contribution is 2.34. The standard InChI is InChI=1S/C22H15Cl2N7S/c23-15-11-12-18(19(24)13-15)21-26-27-22(30(21)16-7-3-1-4-8-16)32-14-20-25-28-29-31(20)17-9-5-2-6-10-17/h1-13H,14H2. The molecule has 158 valence electrons. The molecule has 0 amide bonds. The fourth-order valence-electron chi connectivity index (χ4n) is 3.21.